The molecule has 288 valence electrons. The molecule has 1 unspecified atom stereocenters. The van der Waals surface area contributed by atoms with Gasteiger partial charge in [-0.25, -0.2) is 23.9 Å². The summed E-state index contributed by atoms with van der Waals surface area (Å²) in [5.74, 6) is -2.11. The summed E-state index contributed by atoms with van der Waals surface area (Å²) in [7, 11) is -4.65. The third-order valence-electron chi connectivity index (χ3n) is 8.00. The highest BCUT2D eigenvalue weighted by Gasteiger charge is 2.62. The molecular formula is C32H47N6O13P. The standard InChI is InChI=1S/C32H47N6O13P/c1-8-21(9-2)14-44-30(41)20(7)37-52(43,47-18-45-31(42)48-19(5)6)46-15-23-27(49-25(39)10-3)28(50-26(40)11-4)32(16-33,51-23)24-13-12-22-29(34)35-17-36-38(22)24/h12-13,17,19-21,23,27-28H,8-11,14-15,18H2,1-7H3,(H,37,43)(H2,34,35,36)/t20-,23+,27+,28+,32-,52?/m0/s1. The Kier molecular flexibility index (Phi) is 15.3. The van der Waals surface area contributed by atoms with Gasteiger partial charge in [-0.05, 0) is 38.8 Å². The lowest BCUT2D eigenvalue weighted by Crippen LogP contribution is -2.46. The zero-order chi connectivity index (χ0) is 38.6. The van der Waals surface area contributed by atoms with Crippen molar-refractivity contribution in [2.45, 2.75) is 110 Å². The summed E-state index contributed by atoms with van der Waals surface area (Å²) in [6, 6.07) is 3.75. The number of nitrogens with two attached hydrogens (primary N) is 1. The molecule has 20 heteroatoms. The number of ether oxygens (including phenoxy) is 6. The van der Waals surface area contributed by atoms with Gasteiger partial charge in [-0.15, -0.1) is 0 Å². The van der Waals surface area contributed by atoms with Crippen molar-refractivity contribution in [3.05, 3.63) is 24.2 Å². The first kappa shape index (κ1) is 42.1. The van der Waals surface area contributed by atoms with Crippen LogP contribution in [0.1, 0.15) is 79.8 Å². The molecule has 2 aromatic rings. The van der Waals surface area contributed by atoms with Crippen molar-refractivity contribution in [2.24, 2.45) is 5.92 Å². The molecule has 1 aliphatic rings. The summed E-state index contributed by atoms with van der Waals surface area (Å²) < 4.78 is 59.3. The van der Waals surface area contributed by atoms with E-state index in [2.05, 4.69) is 15.2 Å². The van der Waals surface area contributed by atoms with Gasteiger partial charge < -0.3 is 34.2 Å². The Morgan fingerprint density at radius 3 is 2.35 bits per heavy atom. The van der Waals surface area contributed by atoms with Gasteiger partial charge >= 0.3 is 31.8 Å². The van der Waals surface area contributed by atoms with E-state index in [-0.39, 0.29) is 36.9 Å². The van der Waals surface area contributed by atoms with Crippen molar-refractivity contribution < 1.29 is 61.2 Å². The van der Waals surface area contributed by atoms with Gasteiger partial charge in [0.15, 0.2) is 18.0 Å². The van der Waals surface area contributed by atoms with Crippen LogP contribution in [-0.2, 0) is 62.0 Å². The number of hydrogen-bond acceptors (Lipinski definition) is 17. The minimum absolute atomic E-state index is 0.0384. The average molecular weight is 755 g/mol. The zero-order valence-corrected chi connectivity index (χ0v) is 31.2. The summed E-state index contributed by atoms with van der Waals surface area (Å²) in [6.07, 6.45) is -3.79. The molecule has 52 heavy (non-hydrogen) atoms. The maximum Gasteiger partial charge on any atom is 0.510 e. The Bertz CT molecular complexity index is 1640. The number of nitriles is 1. The van der Waals surface area contributed by atoms with Gasteiger partial charge in [0, 0.05) is 12.8 Å². The molecule has 6 atom stereocenters. The molecule has 3 rings (SSSR count). The van der Waals surface area contributed by atoms with Crippen LogP contribution in [-0.4, -0.2) is 89.1 Å². The summed E-state index contributed by atoms with van der Waals surface area (Å²) in [5, 5.41) is 17.4. The monoisotopic (exact) mass is 754 g/mol. The van der Waals surface area contributed by atoms with Gasteiger partial charge in [0.05, 0.1) is 25.0 Å². The summed E-state index contributed by atoms with van der Waals surface area (Å²) in [4.78, 5) is 54.3. The number of nitrogens with zero attached hydrogens (tertiary/aromatic N) is 4. The van der Waals surface area contributed by atoms with E-state index in [1.807, 2.05) is 19.9 Å². The lowest BCUT2D eigenvalue weighted by molar-refractivity contribution is -0.169. The van der Waals surface area contributed by atoms with E-state index in [1.165, 1.54) is 37.4 Å². The maximum absolute atomic E-state index is 14.2. The van der Waals surface area contributed by atoms with Gasteiger partial charge in [-0.1, -0.05) is 40.5 Å². The number of hydrogen-bond donors (Lipinski definition) is 2. The average Bonchev–Trinajstić information content (AvgIpc) is 3.67. The summed E-state index contributed by atoms with van der Waals surface area (Å²) in [5.41, 5.74) is 4.16. The molecule has 0 aliphatic carbocycles. The van der Waals surface area contributed by atoms with Crippen LogP contribution in [0.3, 0.4) is 0 Å². The molecule has 0 aromatic carbocycles. The lowest BCUT2D eigenvalue weighted by atomic mass is 9.92. The smallest absolute Gasteiger partial charge is 0.464 e. The van der Waals surface area contributed by atoms with Crippen molar-refractivity contribution in [1.82, 2.24) is 19.7 Å². The van der Waals surface area contributed by atoms with Crippen LogP contribution in [0.4, 0.5) is 10.6 Å². The molecule has 2 aromatic heterocycles. The van der Waals surface area contributed by atoms with Gasteiger partial charge in [-0.3, -0.25) is 23.4 Å². The topological polar surface area (TPSA) is 251 Å². The third-order valence-corrected chi connectivity index (χ3v) is 9.63. The Hall–Kier alpha value is -4.34. The van der Waals surface area contributed by atoms with Gasteiger partial charge in [-0.2, -0.15) is 10.4 Å². The molecule has 0 bridgehead atoms. The first-order valence-electron chi connectivity index (χ1n) is 16.9. The fourth-order valence-electron chi connectivity index (χ4n) is 5.06. The zero-order valence-electron chi connectivity index (χ0n) is 30.3. The number of esters is 3. The molecule has 1 saturated heterocycles. The predicted octanol–water partition coefficient (Wildman–Crippen LogP) is 3.69. The molecule has 0 spiro atoms. The van der Waals surface area contributed by atoms with E-state index in [4.69, 9.17) is 43.2 Å². The van der Waals surface area contributed by atoms with Crippen LogP contribution in [0.25, 0.3) is 5.52 Å². The molecule has 0 saturated carbocycles. The Balaban J connectivity index is 2.00. The van der Waals surface area contributed by atoms with Crippen molar-refractivity contribution in [3.8, 4) is 6.07 Å². The molecule has 0 amide bonds. The van der Waals surface area contributed by atoms with Crippen LogP contribution in [0.15, 0.2) is 18.5 Å². The highest BCUT2D eigenvalue weighted by Crippen LogP contribution is 2.48. The number of aromatic nitrogens is 3. The maximum atomic E-state index is 14.2. The minimum atomic E-state index is -4.65. The minimum Gasteiger partial charge on any atom is -0.464 e. The van der Waals surface area contributed by atoms with Crippen molar-refractivity contribution >= 4 is 43.1 Å². The second kappa shape index (κ2) is 18.9. The summed E-state index contributed by atoms with van der Waals surface area (Å²) in [6.45, 7) is 9.91. The molecular weight excluding hydrogens is 707 g/mol. The number of rotatable bonds is 19. The Labute approximate surface area is 301 Å². The second-order valence-electron chi connectivity index (χ2n) is 12.0. The van der Waals surface area contributed by atoms with E-state index < -0.39 is 81.3 Å². The van der Waals surface area contributed by atoms with E-state index >= 15 is 0 Å². The number of carbonyl (C=O) groups excluding carboxylic acids is 4. The first-order chi connectivity index (χ1) is 24.7. The Morgan fingerprint density at radius 2 is 1.73 bits per heavy atom. The van der Waals surface area contributed by atoms with E-state index in [0.29, 0.717) is 5.52 Å². The number of nitrogens with one attached hydrogen (secondary N) is 1. The van der Waals surface area contributed by atoms with Crippen LogP contribution in [0.2, 0.25) is 0 Å². The predicted molar refractivity (Wildman–Crippen MR) is 180 cm³/mol. The number of carbonyl (C=O) groups is 4. The van der Waals surface area contributed by atoms with Crippen LogP contribution in [0.5, 0.6) is 0 Å². The van der Waals surface area contributed by atoms with Gasteiger partial charge in [0.25, 0.3) is 0 Å². The van der Waals surface area contributed by atoms with Crippen LogP contribution < -0.4 is 10.8 Å². The largest absolute Gasteiger partial charge is 0.510 e. The number of nitrogen functional groups attached to an aromatic ring is 1. The van der Waals surface area contributed by atoms with Crippen molar-refractivity contribution in [3.63, 3.8) is 0 Å². The normalized spacial score (nSPS) is 21.7. The molecule has 3 heterocycles. The van der Waals surface area contributed by atoms with Crippen LogP contribution in [0, 0.1) is 17.2 Å². The van der Waals surface area contributed by atoms with Gasteiger partial charge in [0.2, 0.25) is 12.4 Å². The van der Waals surface area contributed by atoms with E-state index in [9.17, 15) is 29.0 Å². The highest BCUT2D eigenvalue weighted by molar-refractivity contribution is 7.51. The first-order valence-corrected chi connectivity index (χ1v) is 18.4. The fraction of sp³-hybridized carbons (Fsp3) is 0.656. The molecule has 1 fully saturated rings. The lowest BCUT2D eigenvalue weighted by Gasteiger charge is -2.28. The molecule has 19 nitrogen and oxygen atoms in total. The molecule has 0 radical (unpaired) electrons. The second-order valence-corrected chi connectivity index (χ2v) is 13.8. The Morgan fingerprint density at radius 1 is 1.06 bits per heavy atom. The van der Waals surface area contributed by atoms with Crippen molar-refractivity contribution in [2.75, 3.05) is 25.7 Å². The van der Waals surface area contributed by atoms with E-state index in [1.54, 1.807) is 13.8 Å². The highest BCUT2D eigenvalue weighted by atomic mass is 31.2. The summed E-state index contributed by atoms with van der Waals surface area (Å²) >= 11 is 0. The van der Waals surface area contributed by atoms with Crippen LogP contribution >= 0.6 is 7.75 Å². The molecule has 3 N–H and O–H groups in total. The van der Waals surface area contributed by atoms with E-state index in [0.717, 1.165) is 19.2 Å². The number of fused-ring (bicyclic) bond motifs is 1. The molecule has 1 aliphatic heterocycles. The number of anilines is 1. The van der Waals surface area contributed by atoms with Gasteiger partial charge in [0.1, 0.15) is 30.1 Å². The van der Waals surface area contributed by atoms with Crippen molar-refractivity contribution in [1.29, 1.82) is 5.26 Å². The third kappa shape index (κ3) is 10.4. The quantitative estimate of drug-likeness (QED) is 0.0897. The SMILES string of the molecule is CCC(=O)O[C@H]1[C@@H](OC(=O)CC)[C@](C#N)(c2ccc3c(N)ncnn23)O[C@@H]1COP(=O)(N[C@@H](C)C(=O)OCC(CC)CC)OCOC(=O)OC(C)C. The fourth-order valence-corrected chi connectivity index (χ4v) is 6.39.